The Balaban J connectivity index is 1.54. The minimum absolute atomic E-state index is 0.0685. The zero-order valence-corrected chi connectivity index (χ0v) is 15.2. The lowest BCUT2D eigenvalue weighted by atomic mass is 10.0. The summed E-state index contributed by atoms with van der Waals surface area (Å²) in [7, 11) is 0. The SMILES string of the molecule is CC(C)C1=NOC(C(=O)N2CCCN(C(=O)C3=NNC(=O)CC3)CC2)C1. The first kappa shape index (κ1) is 18.3. The van der Waals surface area contributed by atoms with Crippen LogP contribution in [0.2, 0.25) is 0 Å². The van der Waals surface area contributed by atoms with E-state index in [2.05, 4.69) is 15.7 Å². The first-order valence-electron chi connectivity index (χ1n) is 9.11. The van der Waals surface area contributed by atoms with E-state index in [0.29, 0.717) is 51.2 Å². The molecule has 1 saturated heterocycles. The van der Waals surface area contributed by atoms with Crippen LogP contribution in [0.15, 0.2) is 10.3 Å². The fourth-order valence-electron chi connectivity index (χ4n) is 3.22. The Morgan fingerprint density at radius 2 is 1.88 bits per heavy atom. The highest BCUT2D eigenvalue weighted by Gasteiger charge is 2.34. The van der Waals surface area contributed by atoms with Crippen molar-refractivity contribution in [2.24, 2.45) is 16.2 Å². The molecule has 3 amide bonds. The van der Waals surface area contributed by atoms with Crippen molar-refractivity contribution in [1.82, 2.24) is 15.2 Å². The van der Waals surface area contributed by atoms with Gasteiger partial charge in [-0.15, -0.1) is 0 Å². The normalized spacial score (nSPS) is 23.8. The smallest absolute Gasteiger partial charge is 0.270 e. The second-order valence-electron chi connectivity index (χ2n) is 7.10. The van der Waals surface area contributed by atoms with Crippen molar-refractivity contribution in [2.45, 2.75) is 45.6 Å². The predicted molar refractivity (Wildman–Crippen MR) is 94.4 cm³/mol. The lowest BCUT2D eigenvalue weighted by Crippen LogP contribution is -2.44. The fourth-order valence-corrected chi connectivity index (χ4v) is 3.22. The van der Waals surface area contributed by atoms with Crippen molar-refractivity contribution in [1.29, 1.82) is 0 Å². The summed E-state index contributed by atoms with van der Waals surface area (Å²) in [6, 6.07) is 0. The molecule has 1 fully saturated rings. The van der Waals surface area contributed by atoms with Crippen LogP contribution in [0.3, 0.4) is 0 Å². The quantitative estimate of drug-likeness (QED) is 0.769. The predicted octanol–water partition coefficient (Wildman–Crippen LogP) is 0.114. The van der Waals surface area contributed by atoms with E-state index < -0.39 is 6.10 Å². The molecule has 0 saturated carbocycles. The van der Waals surface area contributed by atoms with Crippen molar-refractivity contribution in [2.75, 3.05) is 26.2 Å². The highest BCUT2D eigenvalue weighted by atomic mass is 16.6. The van der Waals surface area contributed by atoms with Crippen LogP contribution < -0.4 is 5.43 Å². The maximum atomic E-state index is 12.7. The third-order valence-electron chi connectivity index (χ3n) is 4.88. The Labute approximate surface area is 152 Å². The van der Waals surface area contributed by atoms with Gasteiger partial charge in [-0.2, -0.15) is 5.10 Å². The number of oxime groups is 1. The minimum atomic E-state index is -0.549. The van der Waals surface area contributed by atoms with Crippen LogP contribution >= 0.6 is 0 Å². The molecule has 3 aliphatic heterocycles. The van der Waals surface area contributed by atoms with Crippen LogP contribution in [0.5, 0.6) is 0 Å². The van der Waals surface area contributed by atoms with Crippen molar-refractivity contribution >= 4 is 29.1 Å². The van der Waals surface area contributed by atoms with E-state index in [1.165, 1.54) is 0 Å². The van der Waals surface area contributed by atoms with E-state index in [-0.39, 0.29) is 30.1 Å². The van der Waals surface area contributed by atoms with Gasteiger partial charge in [-0.25, -0.2) is 5.43 Å². The molecule has 3 heterocycles. The first-order chi connectivity index (χ1) is 12.5. The van der Waals surface area contributed by atoms with Crippen LogP contribution in [0.25, 0.3) is 0 Å². The number of hydrogen-bond donors (Lipinski definition) is 1. The van der Waals surface area contributed by atoms with Gasteiger partial charge in [0.15, 0.2) is 0 Å². The third kappa shape index (κ3) is 4.03. The van der Waals surface area contributed by atoms with E-state index in [1.54, 1.807) is 9.80 Å². The summed E-state index contributed by atoms with van der Waals surface area (Å²) >= 11 is 0. The summed E-state index contributed by atoms with van der Waals surface area (Å²) in [5, 5.41) is 7.89. The molecule has 1 atom stereocenters. The summed E-state index contributed by atoms with van der Waals surface area (Å²) in [5.41, 5.74) is 3.64. The van der Waals surface area contributed by atoms with E-state index >= 15 is 0 Å². The van der Waals surface area contributed by atoms with Crippen LogP contribution in [0.4, 0.5) is 0 Å². The Morgan fingerprint density at radius 1 is 1.15 bits per heavy atom. The van der Waals surface area contributed by atoms with Gasteiger partial charge >= 0.3 is 0 Å². The average molecular weight is 363 g/mol. The second kappa shape index (κ2) is 7.84. The summed E-state index contributed by atoms with van der Waals surface area (Å²) in [5.74, 6) is -0.140. The van der Waals surface area contributed by atoms with Gasteiger partial charge in [0.2, 0.25) is 12.0 Å². The van der Waals surface area contributed by atoms with Crippen molar-refractivity contribution in [3.05, 3.63) is 0 Å². The zero-order valence-electron chi connectivity index (χ0n) is 15.2. The molecular weight excluding hydrogens is 338 g/mol. The van der Waals surface area contributed by atoms with Gasteiger partial charge in [0.1, 0.15) is 5.71 Å². The molecule has 9 heteroatoms. The largest absolute Gasteiger partial charge is 0.382 e. The summed E-state index contributed by atoms with van der Waals surface area (Å²) < 4.78 is 0. The van der Waals surface area contributed by atoms with E-state index in [9.17, 15) is 14.4 Å². The number of carbonyl (C=O) groups is 3. The molecule has 0 aromatic carbocycles. The molecule has 3 aliphatic rings. The van der Waals surface area contributed by atoms with E-state index in [0.717, 1.165) is 5.71 Å². The molecule has 0 aliphatic carbocycles. The topological polar surface area (TPSA) is 104 Å². The molecule has 142 valence electrons. The Morgan fingerprint density at radius 3 is 2.54 bits per heavy atom. The van der Waals surface area contributed by atoms with Gasteiger partial charge in [-0.1, -0.05) is 19.0 Å². The molecule has 26 heavy (non-hydrogen) atoms. The number of rotatable bonds is 3. The van der Waals surface area contributed by atoms with E-state index in [1.807, 2.05) is 13.8 Å². The number of nitrogens with zero attached hydrogens (tertiary/aromatic N) is 4. The summed E-state index contributed by atoms with van der Waals surface area (Å²) in [6.45, 7) is 6.11. The molecule has 0 spiro atoms. The molecule has 0 bridgehead atoms. The van der Waals surface area contributed by atoms with Gasteiger partial charge < -0.3 is 14.6 Å². The highest BCUT2D eigenvalue weighted by molar-refractivity contribution is 6.39. The first-order valence-corrected chi connectivity index (χ1v) is 9.11. The molecular formula is C17H25N5O4. The number of hydrazone groups is 1. The minimum Gasteiger partial charge on any atom is -0.382 e. The van der Waals surface area contributed by atoms with E-state index in [4.69, 9.17) is 4.84 Å². The Hall–Kier alpha value is -2.45. The number of nitrogens with one attached hydrogen (secondary N) is 1. The Kier molecular flexibility index (Phi) is 5.53. The fraction of sp³-hybridized carbons (Fsp3) is 0.706. The van der Waals surface area contributed by atoms with Crippen LogP contribution in [0.1, 0.15) is 39.5 Å². The number of hydrogen-bond acceptors (Lipinski definition) is 6. The van der Waals surface area contributed by atoms with Gasteiger partial charge in [0.25, 0.3) is 11.8 Å². The van der Waals surface area contributed by atoms with Crippen molar-refractivity contribution < 1.29 is 19.2 Å². The molecule has 0 aromatic heterocycles. The van der Waals surface area contributed by atoms with Crippen molar-refractivity contribution in [3.8, 4) is 0 Å². The van der Waals surface area contributed by atoms with Gasteiger partial charge in [-0.3, -0.25) is 14.4 Å². The molecule has 0 radical (unpaired) electrons. The lowest BCUT2D eigenvalue weighted by Gasteiger charge is -2.24. The molecule has 3 rings (SSSR count). The Bertz CT molecular complexity index is 658. The number of carbonyl (C=O) groups excluding carboxylic acids is 3. The standard InChI is InChI=1S/C17H25N5O4/c1-11(2)13-10-14(26-20-13)17(25)22-7-3-6-21(8-9-22)16(24)12-4-5-15(23)19-18-12/h11,14H,3-10H2,1-2H3,(H,19,23). The molecule has 0 aromatic rings. The average Bonchev–Trinajstić information content (AvgIpc) is 3.00. The summed E-state index contributed by atoms with van der Waals surface area (Å²) in [4.78, 5) is 45.2. The number of amides is 3. The van der Waals surface area contributed by atoms with Gasteiger partial charge in [-0.05, 0) is 12.3 Å². The monoisotopic (exact) mass is 363 g/mol. The van der Waals surface area contributed by atoms with Crippen LogP contribution in [-0.4, -0.2) is 71.2 Å². The molecule has 9 nitrogen and oxygen atoms in total. The second-order valence-corrected chi connectivity index (χ2v) is 7.10. The summed E-state index contributed by atoms with van der Waals surface area (Å²) in [6.07, 6.45) is 1.32. The molecule has 1 unspecified atom stereocenters. The van der Waals surface area contributed by atoms with Gasteiger partial charge in [0.05, 0.1) is 5.71 Å². The highest BCUT2D eigenvalue weighted by Crippen LogP contribution is 2.19. The van der Waals surface area contributed by atoms with Gasteiger partial charge in [0, 0.05) is 45.4 Å². The zero-order chi connectivity index (χ0) is 18.7. The van der Waals surface area contributed by atoms with Crippen molar-refractivity contribution in [3.63, 3.8) is 0 Å². The molecule has 1 N–H and O–H groups in total. The third-order valence-corrected chi connectivity index (χ3v) is 4.88. The maximum Gasteiger partial charge on any atom is 0.270 e. The van der Waals surface area contributed by atoms with Crippen LogP contribution in [0, 0.1) is 5.92 Å². The lowest BCUT2D eigenvalue weighted by molar-refractivity contribution is -0.142. The maximum absolute atomic E-state index is 12.7. The van der Waals surface area contributed by atoms with Crippen LogP contribution in [-0.2, 0) is 19.2 Å².